The van der Waals surface area contributed by atoms with E-state index < -0.39 is 0 Å². The van der Waals surface area contributed by atoms with Crippen LogP contribution in [0.4, 0.5) is 5.82 Å². The van der Waals surface area contributed by atoms with E-state index in [0.29, 0.717) is 13.1 Å². The molecule has 0 N–H and O–H groups in total. The summed E-state index contributed by atoms with van der Waals surface area (Å²) in [6.45, 7) is 8.98. The van der Waals surface area contributed by atoms with Crippen molar-refractivity contribution in [2.24, 2.45) is 0 Å². The fourth-order valence-corrected chi connectivity index (χ4v) is 4.84. The van der Waals surface area contributed by atoms with Gasteiger partial charge in [-0.3, -0.25) is 4.79 Å². The van der Waals surface area contributed by atoms with Crippen molar-refractivity contribution in [3.8, 4) is 11.1 Å². The quantitative estimate of drug-likeness (QED) is 0.375. The predicted octanol–water partition coefficient (Wildman–Crippen LogP) is 5.62. The molecule has 0 bridgehead atoms. The van der Waals surface area contributed by atoms with Crippen molar-refractivity contribution in [3.05, 3.63) is 113 Å². The van der Waals surface area contributed by atoms with Gasteiger partial charge in [0.1, 0.15) is 11.6 Å². The maximum atomic E-state index is 13.2. The van der Waals surface area contributed by atoms with Crippen LogP contribution in [0.3, 0.4) is 0 Å². The summed E-state index contributed by atoms with van der Waals surface area (Å²) in [7, 11) is 0. The van der Waals surface area contributed by atoms with E-state index in [2.05, 4.69) is 60.1 Å². The summed E-state index contributed by atoms with van der Waals surface area (Å²) in [4.78, 5) is 27.0. The highest BCUT2D eigenvalue weighted by molar-refractivity contribution is 5.95. The van der Waals surface area contributed by atoms with Gasteiger partial charge in [0.25, 0.3) is 5.91 Å². The van der Waals surface area contributed by atoms with Crippen LogP contribution >= 0.6 is 0 Å². The van der Waals surface area contributed by atoms with Gasteiger partial charge in [-0.15, -0.1) is 0 Å². The number of piperazine rings is 1. The first-order valence-electron chi connectivity index (χ1n) is 12.6. The van der Waals surface area contributed by atoms with Crippen molar-refractivity contribution in [2.45, 2.75) is 27.2 Å². The Balaban J connectivity index is 1.29. The van der Waals surface area contributed by atoms with Gasteiger partial charge in [0.15, 0.2) is 0 Å². The number of aryl methyl sites for hydroxylation is 3. The van der Waals surface area contributed by atoms with Gasteiger partial charge in [-0.1, -0.05) is 72.3 Å². The van der Waals surface area contributed by atoms with Gasteiger partial charge >= 0.3 is 0 Å². The largest absolute Gasteiger partial charge is 0.353 e. The molecule has 36 heavy (non-hydrogen) atoms. The lowest BCUT2D eigenvalue weighted by Gasteiger charge is -2.36. The van der Waals surface area contributed by atoms with Crippen molar-refractivity contribution in [2.75, 3.05) is 31.1 Å². The molecule has 0 radical (unpaired) electrons. The second-order valence-electron chi connectivity index (χ2n) is 9.54. The first kappa shape index (κ1) is 23.7. The molecule has 0 saturated carbocycles. The van der Waals surface area contributed by atoms with Gasteiger partial charge in [-0.2, -0.15) is 0 Å². The van der Waals surface area contributed by atoms with Crippen LogP contribution in [-0.2, 0) is 6.42 Å². The van der Waals surface area contributed by atoms with Crippen molar-refractivity contribution < 1.29 is 4.79 Å². The van der Waals surface area contributed by atoms with Crippen LogP contribution in [0.15, 0.2) is 78.9 Å². The zero-order chi connectivity index (χ0) is 25.1. The summed E-state index contributed by atoms with van der Waals surface area (Å²) >= 11 is 0. The molecule has 5 rings (SSSR count). The molecule has 1 aliphatic heterocycles. The first-order valence-corrected chi connectivity index (χ1v) is 12.6. The Bertz CT molecular complexity index is 1340. The van der Waals surface area contributed by atoms with Crippen LogP contribution < -0.4 is 4.90 Å². The molecular weight excluding hydrogens is 444 g/mol. The predicted molar refractivity (Wildman–Crippen MR) is 145 cm³/mol. The maximum Gasteiger partial charge on any atom is 0.253 e. The summed E-state index contributed by atoms with van der Waals surface area (Å²) < 4.78 is 0. The Hall–Kier alpha value is -3.99. The highest BCUT2D eigenvalue weighted by Gasteiger charge is 2.25. The van der Waals surface area contributed by atoms with E-state index in [4.69, 9.17) is 4.98 Å². The number of carbonyl (C=O) groups is 1. The molecule has 0 unspecified atom stereocenters. The molecule has 0 spiro atoms. The molecule has 5 nitrogen and oxygen atoms in total. The van der Waals surface area contributed by atoms with Crippen molar-refractivity contribution >= 4 is 11.7 Å². The fourth-order valence-electron chi connectivity index (χ4n) is 4.84. The number of anilines is 1. The van der Waals surface area contributed by atoms with Crippen LogP contribution in [0.5, 0.6) is 0 Å². The molecule has 1 saturated heterocycles. The van der Waals surface area contributed by atoms with E-state index in [1.807, 2.05) is 54.3 Å². The minimum Gasteiger partial charge on any atom is -0.353 e. The minimum absolute atomic E-state index is 0.0872. The van der Waals surface area contributed by atoms with Gasteiger partial charge in [-0.25, -0.2) is 9.97 Å². The van der Waals surface area contributed by atoms with Gasteiger partial charge in [0, 0.05) is 49.4 Å². The molecule has 182 valence electrons. The molecule has 3 aromatic carbocycles. The van der Waals surface area contributed by atoms with Crippen LogP contribution in [0.25, 0.3) is 11.1 Å². The molecule has 5 heteroatoms. The number of hydrogen-bond donors (Lipinski definition) is 0. The SMILES string of the molecule is Cc1ccc(Cc2c(C)nc(C)nc2N2CCN(C(=O)c3ccc(-c4ccccc4)cc3)CC2)cc1. The molecule has 0 atom stereocenters. The Kier molecular flexibility index (Phi) is 6.81. The zero-order valence-corrected chi connectivity index (χ0v) is 21.2. The number of carbonyl (C=O) groups excluding carboxylic acids is 1. The lowest BCUT2D eigenvalue weighted by molar-refractivity contribution is 0.0746. The highest BCUT2D eigenvalue weighted by atomic mass is 16.2. The van der Waals surface area contributed by atoms with Crippen LogP contribution in [-0.4, -0.2) is 47.0 Å². The van der Waals surface area contributed by atoms with E-state index in [0.717, 1.165) is 53.5 Å². The molecule has 0 aliphatic carbocycles. The third kappa shape index (κ3) is 5.15. The van der Waals surface area contributed by atoms with E-state index in [9.17, 15) is 4.79 Å². The summed E-state index contributed by atoms with van der Waals surface area (Å²) in [5.74, 6) is 1.87. The standard InChI is InChI=1S/C31H32N4O/c1-22-9-11-25(12-10-22)21-29-23(2)32-24(3)33-30(29)34-17-19-35(20-18-34)31(36)28-15-13-27(14-16-28)26-7-5-4-6-8-26/h4-16H,17-21H2,1-3H3. The molecule has 1 aliphatic rings. The monoisotopic (exact) mass is 476 g/mol. The summed E-state index contributed by atoms with van der Waals surface area (Å²) in [5, 5.41) is 0. The number of amides is 1. The smallest absolute Gasteiger partial charge is 0.253 e. The van der Waals surface area contributed by atoms with Crippen LogP contribution in [0.2, 0.25) is 0 Å². The second kappa shape index (κ2) is 10.3. The van der Waals surface area contributed by atoms with Gasteiger partial charge in [0.05, 0.1) is 0 Å². The van der Waals surface area contributed by atoms with Crippen LogP contribution in [0.1, 0.15) is 38.6 Å². The molecule has 1 fully saturated rings. The number of rotatable bonds is 5. The third-order valence-electron chi connectivity index (χ3n) is 6.91. The molecule has 1 amide bonds. The Morgan fingerprint density at radius 1 is 0.750 bits per heavy atom. The summed E-state index contributed by atoms with van der Waals surface area (Å²) in [6.07, 6.45) is 0.800. The van der Waals surface area contributed by atoms with Gasteiger partial charge in [-0.05, 0) is 49.6 Å². The number of aromatic nitrogens is 2. The zero-order valence-electron chi connectivity index (χ0n) is 21.2. The molecular formula is C31H32N4O. The van der Waals surface area contributed by atoms with Crippen LogP contribution in [0, 0.1) is 20.8 Å². The lowest BCUT2D eigenvalue weighted by atomic mass is 10.0. The topological polar surface area (TPSA) is 49.3 Å². The third-order valence-corrected chi connectivity index (χ3v) is 6.91. The maximum absolute atomic E-state index is 13.2. The van der Waals surface area contributed by atoms with Crippen molar-refractivity contribution in [1.82, 2.24) is 14.9 Å². The summed E-state index contributed by atoms with van der Waals surface area (Å²) in [6, 6.07) is 26.8. The number of benzene rings is 3. The average molecular weight is 477 g/mol. The highest BCUT2D eigenvalue weighted by Crippen LogP contribution is 2.26. The number of hydrogen-bond acceptors (Lipinski definition) is 4. The van der Waals surface area contributed by atoms with E-state index in [1.165, 1.54) is 16.7 Å². The van der Waals surface area contributed by atoms with E-state index >= 15 is 0 Å². The first-order chi connectivity index (χ1) is 17.5. The minimum atomic E-state index is 0.0872. The van der Waals surface area contributed by atoms with E-state index in [-0.39, 0.29) is 5.91 Å². The molecule has 2 heterocycles. The molecule has 4 aromatic rings. The lowest BCUT2D eigenvalue weighted by Crippen LogP contribution is -2.49. The summed E-state index contributed by atoms with van der Waals surface area (Å²) in [5.41, 5.74) is 7.71. The van der Waals surface area contributed by atoms with Gasteiger partial charge in [0.2, 0.25) is 0 Å². The number of nitrogens with zero attached hydrogens (tertiary/aromatic N) is 4. The fraction of sp³-hybridized carbons (Fsp3) is 0.258. The van der Waals surface area contributed by atoms with Crippen molar-refractivity contribution in [1.29, 1.82) is 0 Å². The van der Waals surface area contributed by atoms with Gasteiger partial charge < -0.3 is 9.80 Å². The molecule has 1 aromatic heterocycles. The average Bonchev–Trinajstić information content (AvgIpc) is 2.91. The Morgan fingerprint density at radius 2 is 1.39 bits per heavy atom. The van der Waals surface area contributed by atoms with E-state index in [1.54, 1.807) is 0 Å². The second-order valence-corrected chi connectivity index (χ2v) is 9.54. The van der Waals surface area contributed by atoms with Crippen molar-refractivity contribution in [3.63, 3.8) is 0 Å². The normalized spacial score (nSPS) is 13.6. The Morgan fingerprint density at radius 3 is 2.06 bits per heavy atom. The Labute approximate surface area is 213 Å².